The molecule has 0 N–H and O–H groups in total. The van der Waals surface area contributed by atoms with Crippen molar-refractivity contribution < 1.29 is 13.9 Å². The summed E-state index contributed by atoms with van der Waals surface area (Å²) in [7, 11) is 1.38. The van der Waals surface area contributed by atoms with Gasteiger partial charge in [0.1, 0.15) is 17.7 Å². The molecule has 5 rings (SSSR count). The third-order valence-electron chi connectivity index (χ3n) is 6.09. The number of halogens is 1. The van der Waals surface area contributed by atoms with Gasteiger partial charge in [0.05, 0.1) is 12.6 Å². The molecule has 0 radical (unpaired) electrons. The summed E-state index contributed by atoms with van der Waals surface area (Å²) < 4.78 is 18.5. The van der Waals surface area contributed by atoms with Gasteiger partial charge in [-0.2, -0.15) is 0 Å². The largest absolute Gasteiger partial charge is 0.468 e. The molecule has 2 aromatic heterocycles. The van der Waals surface area contributed by atoms with E-state index in [0.717, 1.165) is 22.3 Å². The molecule has 7 nitrogen and oxygen atoms in total. The number of methoxy groups -OCH3 is 1. The Morgan fingerprint density at radius 1 is 0.971 bits per heavy atom. The molecule has 1 atom stereocenters. The summed E-state index contributed by atoms with van der Waals surface area (Å²) in [5.41, 5.74) is 2.44. The van der Waals surface area contributed by atoms with E-state index in [0.29, 0.717) is 37.6 Å². The Morgan fingerprint density at radius 2 is 1.74 bits per heavy atom. The van der Waals surface area contributed by atoms with Gasteiger partial charge in [-0.3, -0.25) is 9.88 Å². The number of benzene rings is 2. The third-order valence-corrected chi connectivity index (χ3v) is 6.09. The van der Waals surface area contributed by atoms with Crippen molar-refractivity contribution in [3.8, 4) is 11.4 Å². The Kier molecular flexibility index (Phi) is 6.14. The molecular weight excluding hydrogens is 433 g/mol. The maximum Gasteiger partial charge on any atom is 0.327 e. The Balaban J connectivity index is 1.43. The lowest BCUT2D eigenvalue weighted by Gasteiger charge is -2.39. The van der Waals surface area contributed by atoms with E-state index in [9.17, 15) is 9.18 Å². The fourth-order valence-corrected chi connectivity index (χ4v) is 4.37. The van der Waals surface area contributed by atoms with E-state index >= 15 is 0 Å². The number of carbonyl (C=O) groups excluding carboxylic acids is 1. The van der Waals surface area contributed by atoms with Gasteiger partial charge >= 0.3 is 5.97 Å². The van der Waals surface area contributed by atoms with Gasteiger partial charge in [-0.05, 0) is 42.0 Å². The normalized spacial score (nSPS) is 15.3. The summed E-state index contributed by atoms with van der Waals surface area (Å²) in [6.45, 7) is 2.58. The number of pyridine rings is 1. The molecule has 4 aromatic rings. The summed E-state index contributed by atoms with van der Waals surface area (Å²) in [6.07, 6.45) is 3.49. The van der Waals surface area contributed by atoms with Crippen LogP contribution < -0.4 is 4.90 Å². The van der Waals surface area contributed by atoms with Crippen molar-refractivity contribution in [3.05, 3.63) is 84.4 Å². The number of nitrogens with zero attached hydrogens (tertiary/aromatic N) is 5. The molecule has 1 aliphatic heterocycles. The highest BCUT2D eigenvalue weighted by atomic mass is 19.1. The van der Waals surface area contributed by atoms with Crippen LogP contribution in [0.1, 0.15) is 11.6 Å². The summed E-state index contributed by atoms with van der Waals surface area (Å²) in [5, 5.41) is 0.978. The number of esters is 1. The molecule has 0 aliphatic carbocycles. The second-order valence-corrected chi connectivity index (χ2v) is 8.13. The minimum Gasteiger partial charge on any atom is -0.468 e. The molecule has 0 saturated carbocycles. The maximum absolute atomic E-state index is 13.4. The lowest BCUT2D eigenvalue weighted by Crippen LogP contribution is -2.49. The highest BCUT2D eigenvalue weighted by molar-refractivity contribution is 5.91. The van der Waals surface area contributed by atoms with Gasteiger partial charge in [0.15, 0.2) is 5.82 Å². The fraction of sp³-hybridized carbons (Fsp3) is 0.231. The van der Waals surface area contributed by atoms with E-state index < -0.39 is 6.04 Å². The van der Waals surface area contributed by atoms with Gasteiger partial charge in [-0.15, -0.1) is 0 Å². The van der Waals surface area contributed by atoms with Gasteiger partial charge in [0.2, 0.25) is 0 Å². The molecule has 172 valence electrons. The van der Waals surface area contributed by atoms with Crippen LogP contribution >= 0.6 is 0 Å². The standard InChI is InChI=1S/C26H24FN5O2/c1-34-26(33)23(18-8-10-20(27)11-9-18)31-13-15-32(16-14-31)25-21-6-2-3-7-22(21)29-24(30-25)19-5-4-12-28-17-19/h2-12,17,23H,13-16H2,1H3/t23-/m0/s1. The van der Waals surface area contributed by atoms with Crippen LogP contribution in [0, 0.1) is 5.82 Å². The Morgan fingerprint density at radius 3 is 2.44 bits per heavy atom. The van der Waals surface area contributed by atoms with Gasteiger partial charge in [-0.1, -0.05) is 24.3 Å². The molecule has 8 heteroatoms. The first-order chi connectivity index (χ1) is 16.6. The van der Waals surface area contributed by atoms with E-state index in [1.165, 1.54) is 19.2 Å². The van der Waals surface area contributed by atoms with Gasteiger partial charge in [-0.25, -0.2) is 19.2 Å². The van der Waals surface area contributed by atoms with Crippen LogP contribution in [0.15, 0.2) is 73.1 Å². The molecule has 1 saturated heterocycles. The zero-order valence-corrected chi connectivity index (χ0v) is 18.8. The first-order valence-corrected chi connectivity index (χ1v) is 11.1. The van der Waals surface area contributed by atoms with Crippen LogP contribution in [0.4, 0.5) is 10.2 Å². The lowest BCUT2D eigenvalue weighted by atomic mass is 10.0. The van der Waals surface area contributed by atoms with Gasteiger partial charge < -0.3 is 9.64 Å². The number of hydrogen-bond donors (Lipinski definition) is 0. The Labute approximate surface area is 196 Å². The fourth-order valence-electron chi connectivity index (χ4n) is 4.37. The van der Waals surface area contributed by atoms with Crippen molar-refractivity contribution in [2.24, 2.45) is 0 Å². The van der Waals surface area contributed by atoms with Crippen molar-refractivity contribution >= 4 is 22.7 Å². The van der Waals surface area contributed by atoms with Crippen molar-refractivity contribution in [2.45, 2.75) is 6.04 Å². The number of carbonyl (C=O) groups is 1. The van der Waals surface area contributed by atoms with E-state index in [1.54, 1.807) is 24.5 Å². The number of hydrogen-bond acceptors (Lipinski definition) is 7. The summed E-state index contributed by atoms with van der Waals surface area (Å²) in [6, 6.07) is 17.2. The average Bonchev–Trinajstić information content (AvgIpc) is 2.90. The predicted molar refractivity (Wildman–Crippen MR) is 128 cm³/mol. The second kappa shape index (κ2) is 9.52. The Bertz CT molecular complexity index is 1290. The lowest BCUT2D eigenvalue weighted by molar-refractivity contribution is -0.147. The number of fused-ring (bicyclic) bond motifs is 1. The molecule has 0 amide bonds. The van der Waals surface area contributed by atoms with Gasteiger partial charge in [0.25, 0.3) is 0 Å². The van der Waals surface area contributed by atoms with E-state index in [-0.39, 0.29) is 11.8 Å². The number of aromatic nitrogens is 3. The predicted octanol–water partition coefficient (Wildman–Crippen LogP) is 3.87. The molecular formula is C26H24FN5O2. The summed E-state index contributed by atoms with van der Waals surface area (Å²) in [4.78, 5) is 30.8. The van der Waals surface area contributed by atoms with Crippen molar-refractivity contribution in [3.63, 3.8) is 0 Å². The van der Waals surface area contributed by atoms with Gasteiger partial charge in [0, 0.05) is 49.5 Å². The molecule has 0 unspecified atom stereocenters. The van der Waals surface area contributed by atoms with E-state index in [2.05, 4.69) is 14.8 Å². The van der Waals surface area contributed by atoms with Crippen LogP contribution in [-0.4, -0.2) is 59.1 Å². The van der Waals surface area contributed by atoms with E-state index in [4.69, 9.17) is 14.7 Å². The zero-order valence-electron chi connectivity index (χ0n) is 18.8. The first kappa shape index (κ1) is 21.9. The average molecular weight is 458 g/mol. The minimum atomic E-state index is -0.583. The van der Waals surface area contributed by atoms with Crippen LogP contribution in [0.2, 0.25) is 0 Å². The van der Waals surface area contributed by atoms with Crippen molar-refractivity contribution in [1.82, 2.24) is 19.9 Å². The number of rotatable bonds is 5. The highest BCUT2D eigenvalue weighted by Gasteiger charge is 2.32. The van der Waals surface area contributed by atoms with Crippen LogP contribution in [-0.2, 0) is 9.53 Å². The van der Waals surface area contributed by atoms with Crippen LogP contribution in [0.5, 0.6) is 0 Å². The minimum absolute atomic E-state index is 0.336. The molecule has 0 spiro atoms. The van der Waals surface area contributed by atoms with Crippen molar-refractivity contribution in [1.29, 1.82) is 0 Å². The number of anilines is 1. The molecule has 34 heavy (non-hydrogen) atoms. The maximum atomic E-state index is 13.4. The zero-order chi connectivity index (χ0) is 23.5. The van der Waals surface area contributed by atoms with Crippen LogP contribution in [0.3, 0.4) is 0 Å². The topological polar surface area (TPSA) is 71.5 Å². The van der Waals surface area contributed by atoms with Crippen molar-refractivity contribution in [2.75, 3.05) is 38.2 Å². The first-order valence-electron chi connectivity index (χ1n) is 11.1. The molecule has 3 heterocycles. The SMILES string of the molecule is COC(=O)[C@H](c1ccc(F)cc1)N1CCN(c2nc(-c3cccnc3)nc3ccccc23)CC1. The molecule has 2 aromatic carbocycles. The molecule has 1 fully saturated rings. The molecule has 1 aliphatic rings. The third kappa shape index (κ3) is 4.32. The Hall–Kier alpha value is -3.91. The van der Waals surface area contributed by atoms with Crippen LogP contribution in [0.25, 0.3) is 22.3 Å². The monoisotopic (exact) mass is 457 g/mol. The highest BCUT2D eigenvalue weighted by Crippen LogP contribution is 2.30. The summed E-state index contributed by atoms with van der Waals surface area (Å²) in [5.74, 6) is 0.798. The quantitative estimate of drug-likeness (QED) is 0.422. The number of ether oxygens (including phenoxy) is 1. The summed E-state index contributed by atoms with van der Waals surface area (Å²) >= 11 is 0. The number of para-hydroxylation sites is 1. The smallest absolute Gasteiger partial charge is 0.327 e. The molecule has 0 bridgehead atoms. The van der Waals surface area contributed by atoms with E-state index in [1.807, 2.05) is 36.4 Å². The number of piperazine rings is 1. The second-order valence-electron chi connectivity index (χ2n) is 8.13.